The highest BCUT2D eigenvalue weighted by molar-refractivity contribution is 5.97. The second-order valence-electron chi connectivity index (χ2n) is 9.27. The predicted octanol–water partition coefficient (Wildman–Crippen LogP) is 4.83. The van der Waals surface area contributed by atoms with E-state index in [0.29, 0.717) is 18.1 Å². The van der Waals surface area contributed by atoms with Gasteiger partial charge in [-0.1, -0.05) is 37.3 Å². The van der Waals surface area contributed by atoms with E-state index in [0.717, 1.165) is 60.4 Å². The lowest BCUT2D eigenvalue weighted by Gasteiger charge is -2.35. The van der Waals surface area contributed by atoms with Gasteiger partial charge in [-0.3, -0.25) is 4.79 Å². The monoisotopic (exact) mass is 505 g/mol. The molecule has 1 fully saturated rings. The van der Waals surface area contributed by atoms with Crippen LogP contribution in [0.2, 0.25) is 0 Å². The van der Waals surface area contributed by atoms with Crippen LogP contribution in [0.15, 0.2) is 72.9 Å². The summed E-state index contributed by atoms with van der Waals surface area (Å²) in [6.07, 6.45) is 2.11. The molecule has 192 valence electrons. The summed E-state index contributed by atoms with van der Waals surface area (Å²) in [5, 5.41) is 15.7. The molecule has 0 unspecified atom stereocenters. The number of benzene rings is 3. The summed E-state index contributed by atoms with van der Waals surface area (Å²) in [6.45, 7) is 7.95. The number of para-hydroxylation sites is 1. The number of fused-ring (bicyclic) bond motifs is 1. The van der Waals surface area contributed by atoms with E-state index in [1.165, 1.54) is 5.69 Å². The molecule has 4 aromatic rings. The van der Waals surface area contributed by atoms with Gasteiger partial charge in [-0.05, 0) is 48.5 Å². The third kappa shape index (κ3) is 5.74. The Balaban J connectivity index is 1.31. The Bertz CT molecular complexity index is 1440. The summed E-state index contributed by atoms with van der Waals surface area (Å²) < 4.78 is 0. The van der Waals surface area contributed by atoms with Crippen LogP contribution in [-0.2, 0) is 0 Å². The van der Waals surface area contributed by atoms with Crippen LogP contribution >= 0.6 is 0 Å². The van der Waals surface area contributed by atoms with Gasteiger partial charge in [-0.2, -0.15) is 5.26 Å². The molecule has 2 heterocycles. The van der Waals surface area contributed by atoms with Crippen molar-refractivity contribution in [1.29, 1.82) is 5.26 Å². The highest BCUT2D eigenvalue weighted by Crippen LogP contribution is 2.29. The van der Waals surface area contributed by atoms with Gasteiger partial charge in [0.05, 0.1) is 18.0 Å². The van der Waals surface area contributed by atoms with Crippen LogP contribution in [0.3, 0.4) is 0 Å². The Morgan fingerprint density at radius 2 is 1.76 bits per heavy atom. The van der Waals surface area contributed by atoms with Gasteiger partial charge in [-0.15, -0.1) is 0 Å². The maximum Gasteiger partial charge on any atom is 0.251 e. The molecule has 1 aromatic heterocycles. The van der Waals surface area contributed by atoms with E-state index in [1.54, 1.807) is 12.1 Å². The molecule has 1 amide bonds. The zero-order valence-electron chi connectivity index (χ0n) is 21.5. The number of rotatable bonds is 8. The Labute approximate surface area is 222 Å². The smallest absolute Gasteiger partial charge is 0.251 e. The molecule has 0 radical (unpaired) electrons. The molecule has 8 nitrogen and oxygen atoms in total. The third-order valence-corrected chi connectivity index (χ3v) is 6.90. The lowest BCUT2D eigenvalue weighted by Crippen LogP contribution is -2.46. The van der Waals surface area contributed by atoms with E-state index in [9.17, 15) is 4.79 Å². The van der Waals surface area contributed by atoms with E-state index in [4.69, 9.17) is 10.2 Å². The first-order chi connectivity index (χ1) is 18.6. The number of carbonyl (C=O) groups excluding carboxylic acids is 1. The first kappa shape index (κ1) is 25.2. The number of carbonyl (C=O) groups is 1. The molecule has 1 aliphatic heterocycles. The molecule has 1 saturated heterocycles. The highest BCUT2D eigenvalue weighted by atomic mass is 16.1. The average Bonchev–Trinajstić information content (AvgIpc) is 2.97. The maximum atomic E-state index is 12.3. The molecule has 1 aliphatic rings. The van der Waals surface area contributed by atoms with Gasteiger partial charge in [0.1, 0.15) is 0 Å². The summed E-state index contributed by atoms with van der Waals surface area (Å²) in [5.74, 6) is 0.343. The molecule has 0 aliphatic carbocycles. The van der Waals surface area contributed by atoms with E-state index in [1.807, 2.05) is 42.6 Å². The fourth-order valence-electron chi connectivity index (χ4n) is 4.69. The number of nitrogens with one attached hydrogen (secondary N) is 2. The molecule has 2 N–H and O–H groups in total. The van der Waals surface area contributed by atoms with Crippen molar-refractivity contribution in [2.75, 3.05) is 49.5 Å². The van der Waals surface area contributed by atoms with Crippen LogP contribution in [0.4, 0.5) is 17.3 Å². The Hall–Kier alpha value is -4.48. The number of likely N-dealkylation sites (N-methyl/N-ethyl adjacent to an activating group) is 1. The Morgan fingerprint density at radius 3 is 2.47 bits per heavy atom. The van der Waals surface area contributed by atoms with Crippen LogP contribution in [0, 0.1) is 11.3 Å². The molecule has 8 heteroatoms. The van der Waals surface area contributed by atoms with Crippen molar-refractivity contribution >= 4 is 34.1 Å². The van der Waals surface area contributed by atoms with Crippen molar-refractivity contribution in [3.63, 3.8) is 0 Å². The quantitative estimate of drug-likeness (QED) is 0.331. The second-order valence-corrected chi connectivity index (χ2v) is 9.27. The molecule has 0 atom stereocenters. The molecule has 0 saturated carbocycles. The highest BCUT2D eigenvalue weighted by Gasteiger charge is 2.16. The predicted molar refractivity (Wildman–Crippen MR) is 152 cm³/mol. The van der Waals surface area contributed by atoms with Crippen molar-refractivity contribution in [3.8, 4) is 17.2 Å². The fourth-order valence-corrected chi connectivity index (χ4v) is 4.69. The number of anilines is 3. The van der Waals surface area contributed by atoms with E-state index in [-0.39, 0.29) is 12.3 Å². The molecule has 0 spiro atoms. The van der Waals surface area contributed by atoms with Gasteiger partial charge < -0.3 is 20.4 Å². The largest absolute Gasteiger partial charge is 0.369 e. The van der Waals surface area contributed by atoms with Gasteiger partial charge in [0.2, 0.25) is 5.95 Å². The normalized spacial score (nSPS) is 13.7. The number of nitriles is 1. The molecule has 3 aromatic carbocycles. The topological polar surface area (TPSA) is 97.2 Å². The zero-order chi connectivity index (χ0) is 26.3. The summed E-state index contributed by atoms with van der Waals surface area (Å²) in [4.78, 5) is 26.5. The minimum absolute atomic E-state index is 0.187. The van der Waals surface area contributed by atoms with Crippen LogP contribution in [0.1, 0.15) is 23.7 Å². The van der Waals surface area contributed by atoms with Crippen LogP contribution in [-0.4, -0.2) is 60.0 Å². The number of piperazine rings is 1. The van der Waals surface area contributed by atoms with Crippen LogP contribution in [0.5, 0.6) is 0 Å². The van der Waals surface area contributed by atoms with E-state index >= 15 is 0 Å². The van der Waals surface area contributed by atoms with E-state index in [2.05, 4.69) is 56.6 Å². The molecule has 38 heavy (non-hydrogen) atoms. The van der Waals surface area contributed by atoms with Gasteiger partial charge in [0, 0.05) is 66.8 Å². The first-order valence-electron chi connectivity index (χ1n) is 13.0. The van der Waals surface area contributed by atoms with Gasteiger partial charge >= 0.3 is 0 Å². The number of amides is 1. The number of hydrogen-bond acceptors (Lipinski definition) is 7. The maximum absolute atomic E-state index is 12.3. The first-order valence-corrected chi connectivity index (χ1v) is 13.0. The SMILES string of the molecule is CCN1CCN(c2ccc(Nc3ncc4cccc(-c5ccc(C(=O)NCCC#N)cc5)c4n3)cc2)CC1. The molecule has 5 rings (SSSR count). The lowest BCUT2D eigenvalue weighted by molar-refractivity contribution is 0.0954. The van der Waals surface area contributed by atoms with E-state index < -0.39 is 0 Å². The Kier molecular flexibility index (Phi) is 7.76. The number of aromatic nitrogens is 2. The summed E-state index contributed by atoms with van der Waals surface area (Å²) in [7, 11) is 0. The minimum Gasteiger partial charge on any atom is -0.369 e. The Morgan fingerprint density at radius 1 is 1.00 bits per heavy atom. The van der Waals surface area contributed by atoms with Gasteiger partial charge in [-0.25, -0.2) is 9.97 Å². The van der Waals surface area contributed by atoms with Gasteiger partial charge in [0.25, 0.3) is 5.91 Å². The van der Waals surface area contributed by atoms with Crippen molar-refractivity contribution < 1.29 is 4.79 Å². The second kappa shape index (κ2) is 11.7. The minimum atomic E-state index is -0.187. The zero-order valence-corrected chi connectivity index (χ0v) is 21.5. The summed E-state index contributed by atoms with van der Waals surface area (Å²) >= 11 is 0. The number of nitrogens with zero attached hydrogens (tertiary/aromatic N) is 5. The standard InChI is InChI=1S/C30H31N7O/c1-2-36-17-19-37(20-18-36)26-13-11-25(12-14-26)34-30-33-21-24-5-3-6-27(28(24)35-30)22-7-9-23(10-8-22)29(38)32-16-4-15-31/h3,5-14,21H,2,4,16-20H2,1H3,(H,32,38)(H,33,34,35). The van der Waals surface area contributed by atoms with Crippen molar-refractivity contribution in [2.45, 2.75) is 13.3 Å². The molecular formula is C30H31N7O. The van der Waals surface area contributed by atoms with Crippen molar-refractivity contribution in [2.24, 2.45) is 0 Å². The third-order valence-electron chi connectivity index (χ3n) is 6.90. The molecule has 0 bridgehead atoms. The average molecular weight is 506 g/mol. The van der Waals surface area contributed by atoms with Gasteiger partial charge in [0.15, 0.2) is 0 Å². The van der Waals surface area contributed by atoms with Crippen molar-refractivity contribution in [3.05, 3.63) is 78.5 Å². The fraction of sp³-hybridized carbons (Fsp3) is 0.267. The lowest BCUT2D eigenvalue weighted by atomic mass is 10.0. The molecular weight excluding hydrogens is 474 g/mol. The summed E-state index contributed by atoms with van der Waals surface area (Å²) in [6, 6.07) is 23.9. The summed E-state index contributed by atoms with van der Waals surface area (Å²) in [5.41, 5.74) is 5.48. The number of hydrogen-bond donors (Lipinski definition) is 2. The van der Waals surface area contributed by atoms with Crippen LogP contribution < -0.4 is 15.5 Å². The van der Waals surface area contributed by atoms with Crippen molar-refractivity contribution in [1.82, 2.24) is 20.2 Å². The van der Waals surface area contributed by atoms with Crippen LogP contribution in [0.25, 0.3) is 22.0 Å².